The molecule has 9 nitrogen and oxygen atoms in total. The largest absolute Gasteiger partial charge is 0.494 e. The predicted octanol–water partition coefficient (Wildman–Crippen LogP) is 3.69. The number of ketones is 1. The molecule has 0 unspecified atom stereocenters. The lowest BCUT2D eigenvalue weighted by Gasteiger charge is -2.28. The van der Waals surface area contributed by atoms with Gasteiger partial charge in [0.15, 0.2) is 5.78 Å². The molecule has 0 saturated heterocycles. The SMILES string of the molecule is CCOc1cc2c(cc1CC(=O)NC)C(=N)N(CC(=O)c1cc(N(C)C(C)=O)c(OC)c(C(C)(C)C)c1)C2. The maximum Gasteiger partial charge on any atom is 0.224 e. The summed E-state index contributed by atoms with van der Waals surface area (Å²) in [5, 5.41) is 11.4. The van der Waals surface area contributed by atoms with Crippen LogP contribution in [0, 0.1) is 5.41 Å². The quantitative estimate of drug-likeness (QED) is 0.486. The summed E-state index contributed by atoms with van der Waals surface area (Å²) >= 11 is 0. The molecule has 2 aromatic carbocycles. The van der Waals surface area contributed by atoms with E-state index in [9.17, 15) is 14.4 Å². The van der Waals surface area contributed by atoms with Crippen LogP contribution in [0.5, 0.6) is 11.5 Å². The van der Waals surface area contributed by atoms with Crippen molar-refractivity contribution in [3.63, 3.8) is 0 Å². The highest BCUT2D eigenvalue weighted by atomic mass is 16.5. The second kappa shape index (κ2) is 11.2. The number of rotatable bonds is 9. The highest BCUT2D eigenvalue weighted by Gasteiger charge is 2.30. The van der Waals surface area contributed by atoms with E-state index in [1.165, 1.54) is 11.8 Å². The number of nitrogens with zero attached hydrogens (tertiary/aromatic N) is 2. The summed E-state index contributed by atoms with van der Waals surface area (Å²) in [5.74, 6) is 0.882. The lowest BCUT2D eigenvalue weighted by atomic mass is 9.84. The van der Waals surface area contributed by atoms with Crippen LogP contribution in [0.3, 0.4) is 0 Å². The van der Waals surface area contributed by atoms with Gasteiger partial charge in [0.05, 0.1) is 32.4 Å². The third kappa shape index (κ3) is 5.82. The first-order valence-corrected chi connectivity index (χ1v) is 12.6. The number of Topliss-reactive ketones (excluding diaryl/α,β-unsaturated/α-hetero) is 1. The Bertz CT molecular complexity index is 1280. The standard InChI is InChI=1S/C29H38N4O5/c1-9-38-25-13-20-15-33(28(30)21(20)10-19(25)14-26(36)31-6)16-24(35)18-11-22(29(3,4)5)27(37-8)23(12-18)32(7)17(2)34/h10-13,30H,9,14-16H2,1-8H3,(H,31,36). The van der Waals surface area contributed by atoms with E-state index in [2.05, 4.69) is 5.32 Å². The van der Waals surface area contributed by atoms with Crippen LogP contribution in [-0.2, 0) is 28.0 Å². The topological polar surface area (TPSA) is 112 Å². The van der Waals surface area contributed by atoms with Crippen molar-refractivity contribution in [2.24, 2.45) is 0 Å². The number of nitrogens with one attached hydrogen (secondary N) is 2. The molecule has 0 fully saturated rings. The molecule has 0 spiro atoms. The number of ether oxygens (including phenoxy) is 2. The summed E-state index contributed by atoms with van der Waals surface area (Å²) in [6, 6.07) is 7.17. The summed E-state index contributed by atoms with van der Waals surface area (Å²) in [7, 11) is 4.79. The summed E-state index contributed by atoms with van der Waals surface area (Å²) in [5.41, 5.74) is 3.69. The highest BCUT2D eigenvalue weighted by molar-refractivity contribution is 6.06. The lowest BCUT2D eigenvalue weighted by molar-refractivity contribution is -0.120. The second-order valence-corrected chi connectivity index (χ2v) is 10.4. The first-order chi connectivity index (χ1) is 17.8. The van der Waals surface area contributed by atoms with Gasteiger partial charge in [0.1, 0.15) is 17.3 Å². The zero-order valence-corrected chi connectivity index (χ0v) is 23.6. The Morgan fingerprint density at radius 3 is 2.39 bits per heavy atom. The molecular weight excluding hydrogens is 484 g/mol. The lowest BCUT2D eigenvalue weighted by Crippen LogP contribution is -2.31. The number of carbonyl (C=O) groups is 3. The van der Waals surface area contributed by atoms with Crippen LogP contribution in [0.25, 0.3) is 0 Å². The molecule has 0 aliphatic carbocycles. The summed E-state index contributed by atoms with van der Waals surface area (Å²) in [6.07, 6.45) is 0.138. The molecule has 38 heavy (non-hydrogen) atoms. The molecule has 2 amide bonds. The van der Waals surface area contributed by atoms with Crippen LogP contribution in [0.4, 0.5) is 5.69 Å². The molecule has 0 radical (unpaired) electrons. The van der Waals surface area contributed by atoms with Crippen LogP contribution in [0.1, 0.15) is 67.2 Å². The molecule has 0 atom stereocenters. The minimum atomic E-state index is -0.346. The Morgan fingerprint density at radius 1 is 1.16 bits per heavy atom. The van der Waals surface area contributed by atoms with Gasteiger partial charge in [0.25, 0.3) is 0 Å². The van der Waals surface area contributed by atoms with Crippen molar-refractivity contribution >= 4 is 29.1 Å². The van der Waals surface area contributed by atoms with Gasteiger partial charge in [-0.1, -0.05) is 20.8 Å². The molecule has 9 heteroatoms. The maximum atomic E-state index is 13.6. The molecule has 3 rings (SSSR count). The van der Waals surface area contributed by atoms with Crippen molar-refractivity contribution in [3.8, 4) is 11.5 Å². The van der Waals surface area contributed by atoms with Crippen LogP contribution >= 0.6 is 0 Å². The van der Waals surface area contributed by atoms with Crippen LogP contribution in [0.15, 0.2) is 24.3 Å². The van der Waals surface area contributed by atoms with Crippen molar-refractivity contribution in [3.05, 3.63) is 52.1 Å². The zero-order chi connectivity index (χ0) is 28.4. The van der Waals surface area contributed by atoms with Crippen LogP contribution in [-0.4, -0.2) is 62.7 Å². The van der Waals surface area contributed by atoms with E-state index in [-0.39, 0.29) is 41.8 Å². The molecule has 2 aromatic rings. The minimum Gasteiger partial charge on any atom is -0.494 e. The highest BCUT2D eigenvalue weighted by Crippen LogP contribution is 2.40. The average Bonchev–Trinajstić information content (AvgIpc) is 3.15. The first-order valence-electron chi connectivity index (χ1n) is 12.6. The monoisotopic (exact) mass is 522 g/mol. The van der Waals surface area contributed by atoms with E-state index < -0.39 is 0 Å². The molecule has 1 aliphatic heterocycles. The number of amides is 2. The van der Waals surface area contributed by atoms with E-state index in [0.29, 0.717) is 47.0 Å². The Morgan fingerprint density at radius 2 is 1.84 bits per heavy atom. The Labute approximate surface area is 224 Å². The zero-order valence-electron chi connectivity index (χ0n) is 23.6. The van der Waals surface area contributed by atoms with Gasteiger partial charge < -0.3 is 24.6 Å². The van der Waals surface area contributed by atoms with Crippen molar-refractivity contribution in [1.82, 2.24) is 10.2 Å². The molecule has 1 aliphatic rings. The van der Waals surface area contributed by atoms with Crippen LogP contribution in [0.2, 0.25) is 0 Å². The van der Waals surface area contributed by atoms with Gasteiger partial charge in [-0.2, -0.15) is 0 Å². The number of benzene rings is 2. The van der Waals surface area contributed by atoms with Crippen molar-refractivity contribution in [2.45, 2.75) is 53.0 Å². The molecule has 0 saturated carbocycles. The third-order valence-corrected chi connectivity index (χ3v) is 6.72. The molecular formula is C29H38N4O5. The number of carbonyl (C=O) groups excluding carboxylic acids is 3. The Hall–Kier alpha value is -3.88. The number of hydrogen-bond donors (Lipinski definition) is 2. The number of amidine groups is 1. The smallest absolute Gasteiger partial charge is 0.224 e. The predicted molar refractivity (Wildman–Crippen MR) is 148 cm³/mol. The Kier molecular flexibility index (Phi) is 8.49. The fraction of sp³-hybridized carbons (Fsp3) is 0.448. The van der Waals surface area contributed by atoms with Gasteiger partial charge >= 0.3 is 0 Å². The second-order valence-electron chi connectivity index (χ2n) is 10.4. The van der Waals surface area contributed by atoms with Gasteiger partial charge in [0, 0.05) is 49.8 Å². The first kappa shape index (κ1) is 28.7. The normalized spacial score (nSPS) is 12.7. The van der Waals surface area contributed by atoms with E-state index in [1.807, 2.05) is 45.9 Å². The third-order valence-electron chi connectivity index (χ3n) is 6.72. The van der Waals surface area contributed by atoms with E-state index in [0.717, 1.165) is 11.1 Å². The molecule has 1 heterocycles. The minimum absolute atomic E-state index is 0.0125. The average molecular weight is 523 g/mol. The fourth-order valence-corrected chi connectivity index (χ4v) is 4.53. The number of hydrogen-bond acceptors (Lipinski definition) is 6. The van der Waals surface area contributed by atoms with Gasteiger partial charge in [-0.05, 0) is 42.2 Å². The molecule has 2 N–H and O–H groups in total. The summed E-state index contributed by atoms with van der Waals surface area (Å²) in [6.45, 7) is 10.2. The summed E-state index contributed by atoms with van der Waals surface area (Å²) < 4.78 is 11.5. The summed E-state index contributed by atoms with van der Waals surface area (Å²) in [4.78, 5) is 41.0. The molecule has 204 valence electrons. The number of likely N-dealkylation sites (N-methyl/N-ethyl adjacent to an activating group) is 1. The van der Waals surface area contributed by atoms with E-state index >= 15 is 0 Å². The van der Waals surface area contributed by atoms with Crippen molar-refractivity contribution in [2.75, 3.05) is 39.3 Å². The maximum absolute atomic E-state index is 13.6. The van der Waals surface area contributed by atoms with Crippen LogP contribution < -0.4 is 19.7 Å². The molecule has 0 aromatic heterocycles. The van der Waals surface area contributed by atoms with E-state index in [4.69, 9.17) is 14.9 Å². The number of anilines is 1. The van der Waals surface area contributed by atoms with Gasteiger partial charge in [-0.25, -0.2) is 0 Å². The number of fused-ring (bicyclic) bond motifs is 1. The van der Waals surface area contributed by atoms with Gasteiger partial charge in [-0.3, -0.25) is 19.8 Å². The van der Waals surface area contributed by atoms with Gasteiger partial charge in [-0.15, -0.1) is 0 Å². The van der Waals surface area contributed by atoms with Crippen molar-refractivity contribution < 1.29 is 23.9 Å². The van der Waals surface area contributed by atoms with E-state index in [1.54, 1.807) is 32.2 Å². The molecule has 0 bridgehead atoms. The van der Waals surface area contributed by atoms with Gasteiger partial charge in [0.2, 0.25) is 11.8 Å². The fourth-order valence-electron chi connectivity index (χ4n) is 4.53. The Balaban J connectivity index is 1.96. The number of methoxy groups -OCH3 is 1. The van der Waals surface area contributed by atoms with Crippen molar-refractivity contribution in [1.29, 1.82) is 5.41 Å².